The molecule has 1 amide bonds. The van der Waals surface area contributed by atoms with Crippen molar-refractivity contribution in [2.75, 3.05) is 33.0 Å². The molecule has 0 radical (unpaired) electrons. The molecule has 10 nitrogen and oxygen atoms in total. The Morgan fingerprint density at radius 3 is 2.83 bits per heavy atom. The number of nitrogens with one attached hydrogen (secondary N) is 1. The van der Waals surface area contributed by atoms with Crippen molar-refractivity contribution in [1.29, 1.82) is 0 Å². The second kappa shape index (κ2) is 7.55. The van der Waals surface area contributed by atoms with Gasteiger partial charge in [0.2, 0.25) is 12.6 Å². The molecular weight excluding hydrogens is 376 g/mol. The summed E-state index contributed by atoms with van der Waals surface area (Å²) in [5.41, 5.74) is 1.05. The number of nitrogens with zero attached hydrogens (tertiary/aromatic N) is 5. The molecule has 1 fully saturated rings. The molecule has 2 aliphatic rings. The number of benzene rings is 1. The number of hydrogen-bond acceptors (Lipinski definition) is 7. The maximum absolute atomic E-state index is 12.4. The molecule has 2 aliphatic heterocycles. The Bertz CT molecular complexity index is 994. The Balaban J connectivity index is 1.19. The molecule has 0 saturated carbocycles. The van der Waals surface area contributed by atoms with Gasteiger partial charge in [0.05, 0.1) is 39.0 Å². The maximum atomic E-state index is 12.4. The molecule has 0 bridgehead atoms. The van der Waals surface area contributed by atoms with Crippen LogP contribution in [0, 0.1) is 0 Å². The Morgan fingerprint density at radius 2 is 2.00 bits per heavy atom. The summed E-state index contributed by atoms with van der Waals surface area (Å²) >= 11 is 0. The molecule has 0 atom stereocenters. The van der Waals surface area contributed by atoms with E-state index in [1.807, 2.05) is 27.8 Å². The highest BCUT2D eigenvalue weighted by Crippen LogP contribution is 2.32. The van der Waals surface area contributed by atoms with Gasteiger partial charge in [-0.3, -0.25) is 4.79 Å². The molecule has 10 heteroatoms. The fourth-order valence-corrected chi connectivity index (χ4v) is 3.67. The van der Waals surface area contributed by atoms with E-state index in [0.29, 0.717) is 31.9 Å². The van der Waals surface area contributed by atoms with Crippen molar-refractivity contribution in [2.45, 2.75) is 13.1 Å². The minimum absolute atomic E-state index is 0.0540. The number of tetrazole rings is 1. The van der Waals surface area contributed by atoms with Crippen molar-refractivity contribution in [3.05, 3.63) is 53.7 Å². The number of aromatic nitrogens is 4. The van der Waals surface area contributed by atoms with Gasteiger partial charge in [-0.2, -0.15) is 0 Å². The van der Waals surface area contributed by atoms with Crippen LogP contribution in [0.25, 0.3) is 0 Å². The van der Waals surface area contributed by atoms with Gasteiger partial charge >= 0.3 is 0 Å². The first kappa shape index (κ1) is 17.7. The van der Waals surface area contributed by atoms with Crippen LogP contribution in [0.5, 0.6) is 11.5 Å². The molecule has 150 valence electrons. The molecule has 5 rings (SSSR count). The maximum Gasteiger partial charge on any atom is 0.289 e. The highest BCUT2D eigenvalue weighted by molar-refractivity contribution is 5.91. The second-order valence-electron chi connectivity index (χ2n) is 7.14. The lowest BCUT2D eigenvalue weighted by molar-refractivity contribution is -0.918. The molecule has 0 unspecified atom stereocenters. The predicted octanol–water partition coefficient (Wildman–Crippen LogP) is -0.416. The first-order valence-corrected chi connectivity index (χ1v) is 9.56. The summed E-state index contributed by atoms with van der Waals surface area (Å²) in [6, 6.07) is 9.28. The summed E-state index contributed by atoms with van der Waals surface area (Å²) in [7, 11) is 0. The van der Waals surface area contributed by atoms with Crippen LogP contribution >= 0.6 is 0 Å². The molecule has 29 heavy (non-hydrogen) atoms. The first-order chi connectivity index (χ1) is 14.3. The zero-order valence-corrected chi connectivity index (χ0v) is 15.8. The zero-order valence-electron chi connectivity index (χ0n) is 15.8. The number of amides is 1. The fraction of sp³-hybridized carbons (Fsp3) is 0.368. The third kappa shape index (κ3) is 3.66. The van der Waals surface area contributed by atoms with Crippen molar-refractivity contribution in [3.8, 4) is 11.5 Å². The van der Waals surface area contributed by atoms with E-state index in [4.69, 9.17) is 13.9 Å². The van der Waals surface area contributed by atoms with E-state index in [2.05, 4.69) is 15.5 Å². The van der Waals surface area contributed by atoms with E-state index < -0.39 is 0 Å². The summed E-state index contributed by atoms with van der Waals surface area (Å²) in [5, 5.41) is 12.2. The van der Waals surface area contributed by atoms with Gasteiger partial charge < -0.3 is 23.7 Å². The molecule has 0 aliphatic carbocycles. The third-order valence-corrected chi connectivity index (χ3v) is 5.27. The molecule has 4 heterocycles. The fourth-order valence-electron chi connectivity index (χ4n) is 3.67. The number of ether oxygens (including phenoxy) is 2. The topological polar surface area (TPSA) is 100.0 Å². The summed E-state index contributed by atoms with van der Waals surface area (Å²) in [4.78, 5) is 15.6. The lowest BCUT2D eigenvalue weighted by Crippen LogP contribution is -3.13. The van der Waals surface area contributed by atoms with Crippen molar-refractivity contribution < 1.29 is 23.6 Å². The molecule has 1 N–H and O–H groups in total. The number of carbonyl (C=O) groups is 1. The minimum Gasteiger partial charge on any atom is -0.459 e. The Kier molecular flexibility index (Phi) is 4.60. The number of rotatable bonds is 5. The molecular formula is C19H21N6O4+. The smallest absolute Gasteiger partial charge is 0.289 e. The predicted molar refractivity (Wildman–Crippen MR) is 98.5 cm³/mol. The van der Waals surface area contributed by atoms with Crippen molar-refractivity contribution >= 4 is 5.91 Å². The summed E-state index contributed by atoms with van der Waals surface area (Å²) in [6.07, 6.45) is 1.52. The van der Waals surface area contributed by atoms with Crippen LogP contribution in [0.15, 0.2) is 41.0 Å². The number of quaternary nitrogens is 1. The Morgan fingerprint density at radius 1 is 1.14 bits per heavy atom. The van der Waals surface area contributed by atoms with Crippen LogP contribution in [-0.2, 0) is 13.1 Å². The second-order valence-corrected chi connectivity index (χ2v) is 7.14. The van der Waals surface area contributed by atoms with Crippen LogP contribution < -0.4 is 14.4 Å². The van der Waals surface area contributed by atoms with Gasteiger partial charge in [0.1, 0.15) is 6.54 Å². The van der Waals surface area contributed by atoms with Gasteiger partial charge in [-0.1, -0.05) is 6.07 Å². The summed E-state index contributed by atoms with van der Waals surface area (Å²) in [6.45, 7) is 4.56. The molecule has 2 aromatic heterocycles. The number of hydrogen-bond donors (Lipinski definition) is 1. The van der Waals surface area contributed by atoms with E-state index in [9.17, 15) is 4.79 Å². The quantitative estimate of drug-likeness (QED) is 0.624. The Hall–Kier alpha value is -3.40. The highest BCUT2D eigenvalue weighted by Gasteiger charge is 2.27. The average Bonchev–Trinajstić information content (AvgIpc) is 3.50. The molecule has 1 aromatic carbocycles. The number of fused-ring (bicyclic) bond motifs is 1. The largest absolute Gasteiger partial charge is 0.459 e. The van der Waals surface area contributed by atoms with Gasteiger partial charge in [0.25, 0.3) is 5.91 Å². The highest BCUT2D eigenvalue weighted by atomic mass is 16.7. The van der Waals surface area contributed by atoms with E-state index in [-0.39, 0.29) is 12.7 Å². The van der Waals surface area contributed by atoms with E-state index >= 15 is 0 Å². The zero-order chi connectivity index (χ0) is 19.6. The monoisotopic (exact) mass is 397 g/mol. The van der Waals surface area contributed by atoms with Gasteiger partial charge in [-0.25, -0.2) is 4.68 Å². The van der Waals surface area contributed by atoms with Crippen LogP contribution in [0.2, 0.25) is 0 Å². The summed E-state index contributed by atoms with van der Waals surface area (Å²) < 4.78 is 17.8. The van der Waals surface area contributed by atoms with Gasteiger partial charge in [0.15, 0.2) is 17.3 Å². The van der Waals surface area contributed by atoms with Gasteiger partial charge in [-0.05, 0) is 40.3 Å². The van der Waals surface area contributed by atoms with Crippen molar-refractivity contribution in [3.63, 3.8) is 0 Å². The average molecular weight is 397 g/mol. The number of piperazine rings is 1. The van der Waals surface area contributed by atoms with E-state index in [0.717, 1.165) is 36.0 Å². The molecule has 0 spiro atoms. The number of furan rings is 1. The minimum atomic E-state index is -0.0540. The van der Waals surface area contributed by atoms with Gasteiger partial charge in [0, 0.05) is 0 Å². The van der Waals surface area contributed by atoms with E-state index in [1.165, 1.54) is 11.2 Å². The van der Waals surface area contributed by atoms with Gasteiger partial charge in [-0.15, -0.1) is 5.10 Å². The lowest BCUT2D eigenvalue weighted by Gasteiger charge is -2.31. The molecule has 3 aromatic rings. The normalized spacial score (nSPS) is 16.3. The van der Waals surface area contributed by atoms with Crippen LogP contribution in [-0.4, -0.2) is 64.0 Å². The SMILES string of the molecule is O=C(c1ccco1)N1CC[NH+](Cc2nnnn2Cc2ccc3c(c2)OCO3)CC1. The number of carbonyl (C=O) groups excluding carboxylic acids is 1. The lowest BCUT2D eigenvalue weighted by atomic mass is 10.2. The van der Waals surface area contributed by atoms with Crippen LogP contribution in [0.4, 0.5) is 0 Å². The Labute approximate surface area is 166 Å². The summed E-state index contributed by atoms with van der Waals surface area (Å²) in [5.74, 6) is 2.67. The molecule has 1 saturated heterocycles. The standard InChI is InChI=1S/C19H20N6O4/c26-19(16-2-1-9-27-16)24-7-5-23(6-8-24)12-18-20-21-22-25(18)11-14-3-4-15-17(10-14)29-13-28-15/h1-4,9-10H,5-8,11-13H2/p+1. The third-order valence-electron chi connectivity index (χ3n) is 5.27. The first-order valence-electron chi connectivity index (χ1n) is 9.56. The van der Waals surface area contributed by atoms with Crippen LogP contribution in [0.1, 0.15) is 21.9 Å². The van der Waals surface area contributed by atoms with Crippen LogP contribution in [0.3, 0.4) is 0 Å². The van der Waals surface area contributed by atoms with Crippen molar-refractivity contribution in [1.82, 2.24) is 25.1 Å². The van der Waals surface area contributed by atoms with E-state index in [1.54, 1.807) is 12.1 Å². The van der Waals surface area contributed by atoms with Crippen molar-refractivity contribution in [2.24, 2.45) is 0 Å².